The number of ether oxygens (including phenoxy) is 1. The maximum Gasteiger partial charge on any atom is 0.309 e. The van der Waals surface area contributed by atoms with Crippen LogP contribution < -0.4 is 4.72 Å². The molecule has 1 aliphatic heterocycles. The number of likely N-dealkylation sites (tertiary alicyclic amines) is 1. The maximum absolute atomic E-state index is 12.5. The van der Waals surface area contributed by atoms with Gasteiger partial charge in [-0.3, -0.25) is 9.59 Å². The van der Waals surface area contributed by atoms with Gasteiger partial charge in [-0.1, -0.05) is 17.7 Å². The molecule has 0 aromatic heterocycles. The van der Waals surface area contributed by atoms with Crippen LogP contribution in [-0.4, -0.2) is 50.9 Å². The van der Waals surface area contributed by atoms with Gasteiger partial charge in [0.25, 0.3) is 0 Å². The van der Waals surface area contributed by atoms with Crippen molar-refractivity contribution >= 4 is 21.9 Å². The van der Waals surface area contributed by atoms with Gasteiger partial charge >= 0.3 is 5.97 Å². The normalized spacial score (nSPS) is 17.0. The van der Waals surface area contributed by atoms with E-state index in [2.05, 4.69) is 4.72 Å². The number of nitrogens with zero attached hydrogens (tertiary/aromatic N) is 1. The molecule has 1 aliphatic rings. The first-order valence-corrected chi connectivity index (χ1v) is 10.3. The molecule has 1 aromatic rings. The van der Waals surface area contributed by atoms with E-state index in [-0.39, 0.29) is 22.7 Å². The summed E-state index contributed by atoms with van der Waals surface area (Å²) in [6.07, 6.45) is 1.06. The summed E-state index contributed by atoms with van der Waals surface area (Å²) in [5, 5.41) is 0. The summed E-state index contributed by atoms with van der Waals surface area (Å²) >= 11 is 0. The summed E-state index contributed by atoms with van der Waals surface area (Å²) in [4.78, 5) is 26.0. The standard InChI is InChI=1S/C18H26N2O5S/c1-4-25-18(22)15-9-11-20(12-10-15)17(21)14(3)19-26(23,24)16-7-5-13(2)6-8-16/h5-8,14-15,19H,4,9-12H2,1-3H3/t14-/m1/s1. The molecular formula is C18H26N2O5S. The SMILES string of the molecule is CCOC(=O)C1CCN(C(=O)[C@@H](C)NS(=O)(=O)c2ccc(C)cc2)CC1. The fraction of sp³-hybridized carbons (Fsp3) is 0.556. The Morgan fingerprint density at radius 3 is 2.35 bits per heavy atom. The second-order valence-corrected chi connectivity index (χ2v) is 8.22. The molecule has 0 radical (unpaired) electrons. The quantitative estimate of drug-likeness (QED) is 0.752. The van der Waals surface area contributed by atoms with Crippen LogP contribution in [0.5, 0.6) is 0 Å². The molecule has 0 saturated carbocycles. The molecule has 26 heavy (non-hydrogen) atoms. The number of benzene rings is 1. The van der Waals surface area contributed by atoms with Crippen molar-refractivity contribution < 1.29 is 22.7 Å². The van der Waals surface area contributed by atoms with Gasteiger partial charge in [-0.2, -0.15) is 4.72 Å². The van der Waals surface area contributed by atoms with E-state index in [1.807, 2.05) is 6.92 Å². The lowest BCUT2D eigenvalue weighted by Crippen LogP contribution is -2.49. The van der Waals surface area contributed by atoms with Crippen LogP contribution in [0, 0.1) is 12.8 Å². The van der Waals surface area contributed by atoms with Gasteiger partial charge in [0.2, 0.25) is 15.9 Å². The number of esters is 1. The third-order valence-corrected chi connectivity index (χ3v) is 6.02. The molecule has 7 nitrogen and oxygen atoms in total. The third-order valence-electron chi connectivity index (χ3n) is 4.46. The molecule has 1 fully saturated rings. The van der Waals surface area contributed by atoms with Gasteiger partial charge in [-0.25, -0.2) is 8.42 Å². The number of hydrogen-bond acceptors (Lipinski definition) is 5. The Labute approximate surface area is 154 Å². The smallest absolute Gasteiger partial charge is 0.309 e. The minimum absolute atomic E-state index is 0.128. The van der Waals surface area contributed by atoms with E-state index >= 15 is 0 Å². The first-order chi connectivity index (χ1) is 12.2. The Hall–Kier alpha value is -1.93. The molecule has 1 amide bonds. The zero-order valence-corrected chi connectivity index (χ0v) is 16.2. The number of sulfonamides is 1. The molecule has 0 bridgehead atoms. The van der Waals surface area contributed by atoms with Crippen LogP contribution in [0.1, 0.15) is 32.3 Å². The first-order valence-electron chi connectivity index (χ1n) is 8.79. The molecule has 1 atom stereocenters. The molecule has 0 spiro atoms. The molecule has 0 unspecified atom stereocenters. The Bertz CT molecular complexity index is 737. The van der Waals surface area contributed by atoms with E-state index in [0.717, 1.165) is 5.56 Å². The molecular weight excluding hydrogens is 356 g/mol. The van der Waals surface area contributed by atoms with Gasteiger partial charge in [0.05, 0.1) is 23.5 Å². The largest absolute Gasteiger partial charge is 0.466 e. The second kappa shape index (κ2) is 8.64. The molecule has 8 heteroatoms. The predicted octanol–water partition coefficient (Wildman–Crippen LogP) is 1.46. The molecule has 2 rings (SSSR count). The van der Waals surface area contributed by atoms with E-state index in [1.54, 1.807) is 24.0 Å². The van der Waals surface area contributed by atoms with Crippen molar-refractivity contribution in [1.29, 1.82) is 0 Å². The Morgan fingerprint density at radius 1 is 1.23 bits per heavy atom. The van der Waals surface area contributed by atoms with E-state index < -0.39 is 16.1 Å². The highest BCUT2D eigenvalue weighted by molar-refractivity contribution is 7.89. The number of hydrogen-bond donors (Lipinski definition) is 1. The number of aryl methyl sites for hydroxylation is 1. The summed E-state index contributed by atoms with van der Waals surface area (Å²) in [5.41, 5.74) is 0.956. The average molecular weight is 382 g/mol. The highest BCUT2D eigenvalue weighted by Gasteiger charge is 2.31. The zero-order valence-electron chi connectivity index (χ0n) is 15.4. The van der Waals surface area contributed by atoms with E-state index in [9.17, 15) is 18.0 Å². The zero-order chi connectivity index (χ0) is 19.3. The van der Waals surface area contributed by atoms with Gasteiger partial charge in [0, 0.05) is 13.1 Å². The van der Waals surface area contributed by atoms with Gasteiger partial charge in [-0.05, 0) is 45.7 Å². The molecule has 1 saturated heterocycles. The maximum atomic E-state index is 12.5. The van der Waals surface area contributed by atoms with Crippen LogP contribution in [0.25, 0.3) is 0 Å². The van der Waals surface area contributed by atoms with E-state index in [0.29, 0.717) is 32.5 Å². The van der Waals surface area contributed by atoms with Crippen molar-refractivity contribution in [1.82, 2.24) is 9.62 Å². The number of carbonyl (C=O) groups is 2. The summed E-state index contributed by atoms with van der Waals surface area (Å²) in [5.74, 6) is -0.714. The molecule has 144 valence electrons. The lowest BCUT2D eigenvalue weighted by molar-refractivity contribution is -0.151. The highest BCUT2D eigenvalue weighted by Crippen LogP contribution is 2.19. The lowest BCUT2D eigenvalue weighted by Gasteiger charge is -2.32. The Kier molecular flexibility index (Phi) is 6.77. The monoisotopic (exact) mass is 382 g/mol. The number of nitrogens with one attached hydrogen (secondary N) is 1. The van der Waals surface area contributed by atoms with Crippen LogP contribution >= 0.6 is 0 Å². The van der Waals surface area contributed by atoms with Crippen molar-refractivity contribution in [2.45, 2.75) is 44.6 Å². The average Bonchev–Trinajstić information content (AvgIpc) is 2.61. The van der Waals surface area contributed by atoms with Crippen molar-refractivity contribution in [3.63, 3.8) is 0 Å². The molecule has 0 aliphatic carbocycles. The fourth-order valence-electron chi connectivity index (χ4n) is 2.94. The van der Waals surface area contributed by atoms with Gasteiger partial charge in [0.15, 0.2) is 0 Å². The van der Waals surface area contributed by atoms with E-state index in [1.165, 1.54) is 19.1 Å². The number of rotatable bonds is 6. The van der Waals surface area contributed by atoms with Gasteiger partial charge in [0.1, 0.15) is 0 Å². The van der Waals surface area contributed by atoms with Gasteiger partial charge < -0.3 is 9.64 Å². The minimum Gasteiger partial charge on any atom is -0.466 e. The summed E-state index contributed by atoms with van der Waals surface area (Å²) in [6.45, 7) is 6.34. The predicted molar refractivity (Wildman–Crippen MR) is 96.9 cm³/mol. The molecule has 1 N–H and O–H groups in total. The number of piperidine rings is 1. The van der Waals surface area contributed by atoms with Crippen molar-refractivity contribution in [3.05, 3.63) is 29.8 Å². The second-order valence-electron chi connectivity index (χ2n) is 6.51. The summed E-state index contributed by atoms with van der Waals surface area (Å²) in [7, 11) is -3.76. The van der Waals surface area contributed by atoms with Crippen LogP contribution in [0.3, 0.4) is 0 Å². The summed E-state index contributed by atoms with van der Waals surface area (Å²) in [6, 6.07) is 5.57. The van der Waals surface area contributed by atoms with Crippen LogP contribution in [-0.2, 0) is 24.3 Å². The topological polar surface area (TPSA) is 92.8 Å². The summed E-state index contributed by atoms with van der Waals surface area (Å²) < 4.78 is 32.3. The van der Waals surface area contributed by atoms with Crippen molar-refractivity contribution in [3.8, 4) is 0 Å². The molecule has 1 heterocycles. The van der Waals surface area contributed by atoms with Crippen molar-refractivity contribution in [2.24, 2.45) is 5.92 Å². The van der Waals surface area contributed by atoms with Crippen LogP contribution in [0.15, 0.2) is 29.2 Å². The minimum atomic E-state index is -3.76. The Balaban J connectivity index is 1.93. The number of carbonyl (C=O) groups excluding carboxylic acids is 2. The Morgan fingerprint density at radius 2 is 1.81 bits per heavy atom. The molecule has 1 aromatic carbocycles. The first kappa shape index (κ1) is 20.4. The van der Waals surface area contributed by atoms with Crippen LogP contribution in [0.2, 0.25) is 0 Å². The lowest BCUT2D eigenvalue weighted by atomic mass is 9.96. The third kappa shape index (κ3) is 5.04. The van der Waals surface area contributed by atoms with E-state index in [4.69, 9.17) is 4.74 Å². The van der Waals surface area contributed by atoms with Gasteiger partial charge in [-0.15, -0.1) is 0 Å². The van der Waals surface area contributed by atoms with Crippen LogP contribution in [0.4, 0.5) is 0 Å². The van der Waals surface area contributed by atoms with Crippen molar-refractivity contribution in [2.75, 3.05) is 19.7 Å². The fourth-order valence-corrected chi connectivity index (χ4v) is 4.13. The number of amides is 1. The highest BCUT2D eigenvalue weighted by atomic mass is 32.2.